The summed E-state index contributed by atoms with van der Waals surface area (Å²) in [6.45, 7) is 2.00. The van der Waals surface area contributed by atoms with Crippen LogP contribution in [0.3, 0.4) is 0 Å². The first-order valence-corrected chi connectivity index (χ1v) is 8.07. The standard InChI is InChI=1S/C18H19N3O4/c1-23-15-9-21(10-15)14-5-2-12(3-6-14)19-18(22)20-13-4-7-16-17(8-13)25-11-24-16/h2-8,15H,9-11H2,1H3,(H2,19,20,22). The van der Waals surface area contributed by atoms with E-state index in [1.807, 2.05) is 24.3 Å². The summed E-state index contributed by atoms with van der Waals surface area (Å²) < 4.78 is 15.8. The topological polar surface area (TPSA) is 72.1 Å². The lowest BCUT2D eigenvalue weighted by molar-refractivity contribution is 0.0788. The average molecular weight is 341 g/mol. The van der Waals surface area contributed by atoms with E-state index in [9.17, 15) is 4.79 Å². The first-order chi connectivity index (χ1) is 12.2. The van der Waals surface area contributed by atoms with E-state index in [1.54, 1.807) is 25.3 Å². The van der Waals surface area contributed by atoms with Gasteiger partial charge in [-0.05, 0) is 36.4 Å². The van der Waals surface area contributed by atoms with Crippen LogP contribution in [-0.4, -0.2) is 39.1 Å². The van der Waals surface area contributed by atoms with Crippen LogP contribution in [0.1, 0.15) is 0 Å². The molecule has 1 fully saturated rings. The van der Waals surface area contributed by atoms with Crippen LogP contribution in [0.2, 0.25) is 0 Å². The highest BCUT2D eigenvalue weighted by atomic mass is 16.7. The van der Waals surface area contributed by atoms with Crippen LogP contribution < -0.4 is 25.0 Å². The van der Waals surface area contributed by atoms with Gasteiger partial charge in [0.2, 0.25) is 6.79 Å². The molecule has 2 aliphatic heterocycles. The molecule has 2 N–H and O–H groups in total. The van der Waals surface area contributed by atoms with Crippen molar-refractivity contribution in [2.75, 3.05) is 42.5 Å². The molecule has 2 aliphatic rings. The lowest BCUT2D eigenvalue weighted by Crippen LogP contribution is -2.51. The minimum Gasteiger partial charge on any atom is -0.454 e. The fraction of sp³-hybridized carbons (Fsp3) is 0.278. The van der Waals surface area contributed by atoms with E-state index in [4.69, 9.17) is 14.2 Å². The Kier molecular flexibility index (Phi) is 4.07. The van der Waals surface area contributed by atoms with Crippen LogP contribution in [0.15, 0.2) is 42.5 Å². The van der Waals surface area contributed by atoms with Crippen molar-refractivity contribution >= 4 is 23.1 Å². The van der Waals surface area contributed by atoms with Crippen molar-refractivity contribution in [2.45, 2.75) is 6.10 Å². The minimum atomic E-state index is -0.310. The molecule has 0 unspecified atom stereocenters. The molecule has 0 atom stereocenters. The van der Waals surface area contributed by atoms with E-state index in [0.29, 0.717) is 23.3 Å². The van der Waals surface area contributed by atoms with Crippen LogP contribution in [0, 0.1) is 0 Å². The SMILES string of the molecule is COC1CN(c2ccc(NC(=O)Nc3ccc4c(c3)OCO4)cc2)C1. The van der Waals surface area contributed by atoms with Crippen LogP contribution in [-0.2, 0) is 4.74 Å². The molecule has 2 amide bonds. The number of hydrogen-bond donors (Lipinski definition) is 2. The van der Waals surface area contributed by atoms with Gasteiger partial charge in [-0.15, -0.1) is 0 Å². The number of anilines is 3. The Labute approximate surface area is 145 Å². The number of carbonyl (C=O) groups is 1. The molecular weight excluding hydrogens is 322 g/mol. The molecule has 130 valence electrons. The first-order valence-electron chi connectivity index (χ1n) is 8.07. The number of benzene rings is 2. The van der Waals surface area contributed by atoms with Crippen molar-refractivity contribution in [1.82, 2.24) is 0 Å². The number of nitrogens with one attached hydrogen (secondary N) is 2. The van der Waals surface area contributed by atoms with Crippen LogP contribution in [0.5, 0.6) is 11.5 Å². The van der Waals surface area contributed by atoms with E-state index in [0.717, 1.165) is 24.5 Å². The smallest absolute Gasteiger partial charge is 0.323 e. The Morgan fingerprint density at radius 1 is 1.04 bits per heavy atom. The van der Waals surface area contributed by atoms with Gasteiger partial charge in [-0.25, -0.2) is 4.79 Å². The Balaban J connectivity index is 1.33. The third-order valence-corrected chi connectivity index (χ3v) is 4.30. The number of nitrogens with zero attached hydrogens (tertiary/aromatic N) is 1. The molecule has 0 saturated carbocycles. The molecular formula is C18H19N3O4. The van der Waals surface area contributed by atoms with Crippen molar-refractivity contribution in [3.63, 3.8) is 0 Å². The molecule has 2 aromatic carbocycles. The van der Waals surface area contributed by atoms with Gasteiger partial charge < -0.3 is 29.7 Å². The highest BCUT2D eigenvalue weighted by Crippen LogP contribution is 2.34. The molecule has 7 heteroatoms. The number of methoxy groups -OCH3 is 1. The maximum absolute atomic E-state index is 12.1. The van der Waals surface area contributed by atoms with Crippen molar-refractivity contribution in [3.8, 4) is 11.5 Å². The van der Waals surface area contributed by atoms with Crippen molar-refractivity contribution < 1.29 is 19.0 Å². The van der Waals surface area contributed by atoms with Crippen LogP contribution >= 0.6 is 0 Å². The summed E-state index contributed by atoms with van der Waals surface area (Å²) in [6.07, 6.45) is 0.310. The molecule has 7 nitrogen and oxygen atoms in total. The zero-order valence-electron chi connectivity index (χ0n) is 13.8. The second-order valence-corrected chi connectivity index (χ2v) is 5.96. The average Bonchev–Trinajstić information content (AvgIpc) is 3.03. The molecule has 0 aromatic heterocycles. The monoisotopic (exact) mass is 341 g/mol. The van der Waals surface area contributed by atoms with Crippen LogP contribution in [0.4, 0.5) is 21.9 Å². The normalized spacial score (nSPS) is 15.6. The quantitative estimate of drug-likeness (QED) is 0.895. The summed E-state index contributed by atoms with van der Waals surface area (Å²) in [6, 6.07) is 12.7. The van der Waals surface area contributed by atoms with E-state index in [1.165, 1.54) is 0 Å². The van der Waals surface area contributed by atoms with Gasteiger partial charge in [0, 0.05) is 43.3 Å². The summed E-state index contributed by atoms with van der Waals surface area (Å²) >= 11 is 0. The number of carbonyl (C=O) groups excluding carboxylic acids is 1. The summed E-state index contributed by atoms with van der Waals surface area (Å²) in [5.41, 5.74) is 2.49. The van der Waals surface area contributed by atoms with Crippen molar-refractivity contribution in [1.29, 1.82) is 0 Å². The molecule has 2 aromatic rings. The van der Waals surface area contributed by atoms with Gasteiger partial charge in [-0.3, -0.25) is 0 Å². The summed E-state index contributed by atoms with van der Waals surface area (Å²) in [7, 11) is 1.73. The zero-order chi connectivity index (χ0) is 17.2. The number of ether oxygens (including phenoxy) is 3. The number of hydrogen-bond acceptors (Lipinski definition) is 5. The van der Waals surface area contributed by atoms with Gasteiger partial charge in [0.15, 0.2) is 11.5 Å². The summed E-state index contributed by atoms with van der Waals surface area (Å²) in [5, 5.41) is 5.60. The molecule has 0 bridgehead atoms. The van der Waals surface area contributed by atoms with Gasteiger partial charge in [-0.2, -0.15) is 0 Å². The third-order valence-electron chi connectivity index (χ3n) is 4.30. The van der Waals surface area contributed by atoms with E-state index >= 15 is 0 Å². The molecule has 25 heavy (non-hydrogen) atoms. The van der Waals surface area contributed by atoms with Gasteiger partial charge >= 0.3 is 6.03 Å². The van der Waals surface area contributed by atoms with Gasteiger partial charge in [0.1, 0.15) is 0 Å². The van der Waals surface area contributed by atoms with Crippen molar-refractivity contribution in [3.05, 3.63) is 42.5 Å². The second kappa shape index (κ2) is 6.52. The highest BCUT2D eigenvalue weighted by Gasteiger charge is 2.26. The maximum atomic E-state index is 12.1. The summed E-state index contributed by atoms with van der Waals surface area (Å²) in [5.74, 6) is 1.31. The van der Waals surface area contributed by atoms with Gasteiger partial charge in [-0.1, -0.05) is 0 Å². The maximum Gasteiger partial charge on any atom is 0.323 e. The predicted octanol–water partition coefficient (Wildman–Crippen LogP) is 2.89. The zero-order valence-corrected chi connectivity index (χ0v) is 13.8. The fourth-order valence-corrected chi connectivity index (χ4v) is 2.82. The van der Waals surface area contributed by atoms with Crippen molar-refractivity contribution in [2.24, 2.45) is 0 Å². The molecule has 0 aliphatic carbocycles. The number of amides is 2. The molecule has 0 spiro atoms. The number of urea groups is 1. The first kappa shape index (κ1) is 15.6. The summed E-state index contributed by atoms with van der Waals surface area (Å²) in [4.78, 5) is 14.4. The Hall–Kier alpha value is -2.93. The third kappa shape index (κ3) is 3.32. The molecule has 2 heterocycles. The molecule has 0 radical (unpaired) electrons. The molecule has 1 saturated heterocycles. The largest absolute Gasteiger partial charge is 0.454 e. The fourth-order valence-electron chi connectivity index (χ4n) is 2.82. The Morgan fingerprint density at radius 2 is 1.72 bits per heavy atom. The van der Waals surface area contributed by atoms with Crippen LogP contribution in [0.25, 0.3) is 0 Å². The predicted molar refractivity (Wildman–Crippen MR) is 94.7 cm³/mol. The Morgan fingerprint density at radius 3 is 2.48 bits per heavy atom. The Bertz CT molecular complexity index is 772. The van der Waals surface area contributed by atoms with Gasteiger partial charge in [0.05, 0.1) is 6.10 Å². The van der Waals surface area contributed by atoms with E-state index in [2.05, 4.69) is 15.5 Å². The number of rotatable bonds is 4. The molecule has 4 rings (SSSR count). The highest BCUT2D eigenvalue weighted by molar-refractivity contribution is 6.00. The minimum absolute atomic E-state index is 0.208. The lowest BCUT2D eigenvalue weighted by atomic mass is 10.1. The second-order valence-electron chi connectivity index (χ2n) is 5.96. The van der Waals surface area contributed by atoms with E-state index < -0.39 is 0 Å². The lowest BCUT2D eigenvalue weighted by Gasteiger charge is -2.40. The van der Waals surface area contributed by atoms with E-state index in [-0.39, 0.29) is 12.8 Å². The van der Waals surface area contributed by atoms with Gasteiger partial charge in [0.25, 0.3) is 0 Å². The number of fused-ring (bicyclic) bond motifs is 1.